The molecule has 106 valence electrons. The van der Waals surface area contributed by atoms with Gasteiger partial charge in [0.25, 0.3) is 0 Å². The van der Waals surface area contributed by atoms with Crippen molar-refractivity contribution in [2.45, 2.75) is 12.5 Å². The van der Waals surface area contributed by atoms with Gasteiger partial charge in [-0.25, -0.2) is 4.79 Å². The van der Waals surface area contributed by atoms with Crippen LogP contribution in [0.4, 0.5) is 0 Å². The molecular formula is C15H18N2O3. The third-order valence-corrected chi connectivity index (χ3v) is 3.30. The van der Waals surface area contributed by atoms with Crippen molar-refractivity contribution in [1.82, 2.24) is 10.3 Å². The summed E-state index contributed by atoms with van der Waals surface area (Å²) in [6.45, 7) is 1.89. The standard InChI is InChI=1S/C15H18N2O3/c1-15(16-2,14(18)19-3)10-20-12-8-4-6-11-7-5-9-17-13(11)12/h4-9,16H,10H2,1-3H3. The van der Waals surface area contributed by atoms with Crippen LogP contribution in [-0.4, -0.2) is 37.3 Å². The van der Waals surface area contributed by atoms with Crippen molar-refractivity contribution in [1.29, 1.82) is 0 Å². The first-order valence-corrected chi connectivity index (χ1v) is 6.34. The number of carbonyl (C=O) groups is 1. The summed E-state index contributed by atoms with van der Waals surface area (Å²) >= 11 is 0. The van der Waals surface area contributed by atoms with Crippen LogP contribution in [-0.2, 0) is 9.53 Å². The zero-order chi connectivity index (χ0) is 14.6. The van der Waals surface area contributed by atoms with E-state index in [0.29, 0.717) is 5.75 Å². The van der Waals surface area contributed by atoms with Crippen molar-refractivity contribution in [2.24, 2.45) is 0 Å². The molecule has 2 rings (SSSR count). The molecule has 0 spiro atoms. The fraction of sp³-hybridized carbons (Fsp3) is 0.333. The average molecular weight is 274 g/mol. The molecule has 0 fully saturated rings. The fourth-order valence-electron chi connectivity index (χ4n) is 1.87. The number of hydrogen-bond donors (Lipinski definition) is 1. The first kappa shape index (κ1) is 14.3. The molecule has 1 unspecified atom stereocenters. The predicted octanol–water partition coefficient (Wildman–Crippen LogP) is 1.76. The minimum atomic E-state index is -0.897. The van der Waals surface area contributed by atoms with E-state index in [1.807, 2.05) is 30.3 Å². The molecule has 0 amide bonds. The SMILES string of the molecule is CNC(C)(COc1cccc2cccnc12)C(=O)OC. The molecule has 0 saturated carbocycles. The van der Waals surface area contributed by atoms with Crippen LogP contribution in [0.25, 0.3) is 10.9 Å². The molecule has 1 heterocycles. The van der Waals surface area contributed by atoms with Gasteiger partial charge in [0.2, 0.25) is 0 Å². The number of hydrogen-bond acceptors (Lipinski definition) is 5. The van der Waals surface area contributed by atoms with Gasteiger partial charge in [0.15, 0.2) is 0 Å². The maximum absolute atomic E-state index is 11.8. The number of benzene rings is 1. The summed E-state index contributed by atoms with van der Waals surface area (Å²) < 4.78 is 10.6. The topological polar surface area (TPSA) is 60.5 Å². The minimum absolute atomic E-state index is 0.159. The summed E-state index contributed by atoms with van der Waals surface area (Å²) in [5.74, 6) is 0.279. The summed E-state index contributed by atoms with van der Waals surface area (Å²) in [6.07, 6.45) is 1.72. The number of methoxy groups -OCH3 is 1. The second kappa shape index (κ2) is 5.88. The number of rotatable bonds is 5. The molecule has 0 radical (unpaired) electrons. The number of nitrogens with one attached hydrogen (secondary N) is 1. The molecule has 0 aliphatic heterocycles. The van der Waals surface area contributed by atoms with E-state index < -0.39 is 5.54 Å². The predicted molar refractivity (Wildman–Crippen MR) is 76.7 cm³/mol. The lowest BCUT2D eigenvalue weighted by Gasteiger charge is -2.26. The van der Waals surface area contributed by atoms with Gasteiger partial charge in [0.1, 0.15) is 23.4 Å². The van der Waals surface area contributed by atoms with Crippen LogP contribution in [0.15, 0.2) is 36.5 Å². The van der Waals surface area contributed by atoms with Crippen molar-refractivity contribution in [2.75, 3.05) is 20.8 Å². The largest absolute Gasteiger partial charge is 0.489 e. The van der Waals surface area contributed by atoms with Gasteiger partial charge in [-0.2, -0.15) is 0 Å². The Morgan fingerprint density at radius 2 is 2.10 bits per heavy atom. The lowest BCUT2D eigenvalue weighted by Crippen LogP contribution is -2.52. The molecule has 1 N–H and O–H groups in total. The second-order valence-electron chi connectivity index (χ2n) is 4.69. The Labute approximate surface area is 117 Å². The number of aromatic nitrogens is 1. The van der Waals surface area contributed by atoms with Crippen LogP contribution in [0.1, 0.15) is 6.92 Å². The normalized spacial score (nSPS) is 13.8. The van der Waals surface area contributed by atoms with Crippen molar-refractivity contribution in [3.63, 3.8) is 0 Å². The highest BCUT2D eigenvalue weighted by molar-refractivity contribution is 5.84. The Morgan fingerprint density at radius 3 is 2.80 bits per heavy atom. The maximum atomic E-state index is 11.8. The highest BCUT2D eigenvalue weighted by atomic mass is 16.5. The average Bonchev–Trinajstić information content (AvgIpc) is 2.51. The highest BCUT2D eigenvalue weighted by Gasteiger charge is 2.33. The smallest absolute Gasteiger partial charge is 0.329 e. The Hall–Kier alpha value is -2.14. The molecule has 0 aliphatic carbocycles. The maximum Gasteiger partial charge on any atom is 0.329 e. The van der Waals surface area contributed by atoms with Crippen LogP contribution < -0.4 is 10.1 Å². The Bertz CT molecular complexity index is 610. The number of para-hydroxylation sites is 1. The third-order valence-electron chi connectivity index (χ3n) is 3.30. The summed E-state index contributed by atoms with van der Waals surface area (Å²) in [5.41, 5.74) is -0.121. The van der Waals surface area contributed by atoms with Gasteiger partial charge < -0.3 is 14.8 Å². The molecule has 1 atom stereocenters. The van der Waals surface area contributed by atoms with Crippen molar-refractivity contribution in [3.05, 3.63) is 36.5 Å². The van der Waals surface area contributed by atoms with Crippen molar-refractivity contribution >= 4 is 16.9 Å². The van der Waals surface area contributed by atoms with E-state index in [4.69, 9.17) is 9.47 Å². The van der Waals surface area contributed by atoms with Gasteiger partial charge in [-0.15, -0.1) is 0 Å². The molecule has 20 heavy (non-hydrogen) atoms. The van der Waals surface area contributed by atoms with Gasteiger partial charge in [-0.3, -0.25) is 4.98 Å². The van der Waals surface area contributed by atoms with Crippen LogP contribution in [0.2, 0.25) is 0 Å². The fourth-order valence-corrected chi connectivity index (χ4v) is 1.87. The molecule has 1 aromatic carbocycles. The van der Waals surface area contributed by atoms with E-state index in [-0.39, 0.29) is 12.6 Å². The highest BCUT2D eigenvalue weighted by Crippen LogP contribution is 2.24. The van der Waals surface area contributed by atoms with Crippen LogP contribution in [0.3, 0.4) is 0 Å². The number of carbonyl (C=O) groups excluding carboxylic acids is 1. The summed E-state index contributed by atoms with van der Waals surface area (Å²) in [6, 6.07) is 9.54. The number of pyridine rings is 1. The number of fused-ring (bicyclic) bond motifs is 1. The lowest BCUT2D eigenvalue weighted by molar-refractivity contribution is -0.148. The van der Waals surface area contributed by atoms with Crippen molar-refractivity contribution < 1.29 is 14.3 Å². The monoisotopic (exact) mass is 274 g/mol. The molecule has 0 aliphatic rings. The minimum Gasteiger partial charge on any atom is -0.489 e. The Kier molecular flexibility index (Phi) is 4.20. The third kappa shape index (κ3) is 2.72. The second-order valence-corrected chi connectivity index (χ2v) is 4.69. The van der Waals surface area contributed by atoms with Crippen LogP contribution in [0, 0.1) is 0 Å². The van der Waals surface area contributed by atoms with Gasteiger partial charge >= 0.3 is 5.97 Å². The van der Waals surface area contributed by atoms with E-state index in [9.17, 15) is 4.79 Å². The van der Waals surface area contributed by atoms with E-state index >= 15 is 0 Å². The van der Waals surface area contributed by atoms with Gasteiger partial charge in [-0.05, 0) is 26.1 Å². The molecule has 5 heteroatoms. The van der Waals surface area contributed by atoms with Crippen LogP contribution >= 0.6 is 0 Å². The number of esters is 1. The molecule has 1 aromatic heterocycles. The van der Waals surface area contributed by atoms with Crippen LogP contribution in [0.5, 0.6) is 5.75 Å². The summed E-state index contributed by atoms with van der Waals surface area (Å²) in [4.78, 5) is 16.1. The molecule has 5 nitrogen and oxygen atoms in total. The first-order chi connectivity index (χ1) is 9.60. The van der Waals surface area contributed by atoms with E-state index in [1.165, 1.54) is 7.11 Å². The number of ether oxygens (including phenoxy) is 2. The molecule has 2 aromatic rings. The Balaban J connectivity index is 2.23. The zero-order valence-corrected chi connectivity index (χ0v) is 11.8. The first-order valence-electron chi connectivity index (χ1n) is 6.34. The van der Waals surface area contributed by atoms with Gasteiger partial charge in [0, 0.05) is 11.6 Å². The van der Waals surface area contributed by atoms with Crippen molar-refractivity contribution in [3.8, 4) is 5.75 Å². The lowest BCUT2D eigenvalue weighted by atomic mass is 10.1. The van der Waals surface area contributed by atoms with Gasteiger partial charge in [-0.1, -0.05) is 18.2 Å². The molecular weight excluding hydrogens is 256 g/mol. The van der Waals surface area contributed by atoms with E-state index in [2.05, 4.69) is 10.3 Å². The Morgan fingerprint density at radius 1 is 1.35 bits per heavy atom. The quantitative estimate of drug-likeness (QED) is 0.842. The summed E-state index contributed by atoms with van der Waals surface area (Å²) in [7, 11) is 3.05. The number of nitrogens with zero attached hydrogens (tertiary/aromatic N) is 1. The number of likely N-dealkylation sites (N-methyl/N-ethyl adjacent to an activating group) is 1. The van der Waals surface area contributed by atoms with Gasteiger partial charge in [0.05, 0.1) is 7.11 Å². The van der Waals surface area contributed by atoms with E-state index in [1.54, 1.807) is 20.2 Å². The van der Waals surface area contributed by atoms with E-state index in [0.717, 1.165) is 10.9 Å². The molecule has 0 saturated heterocycles. The molecule has 0 bridgehead atoms. The zero-order valence-electron chi connectivity index (χ0n) is 11.8. The summed E-state index contributed by atoms with van der Waals surface area (Å²) in [5, 5.41) is 3.92.